The highest BCUT2D eigenvalue weighted by Crippen LogP contribution is 2.34. The van der Waals surface area contributed by atoms with Crippen molar-refractivity contribution in [1.29, 1.82) is 0 Å². The normalized spacial score (nSPS) is 16.8. The first-order valence-corrected chi connectivity index (χ1v) is 12.0. The molecule has 216 valence electrons. The summed E-state index contributed by atoms with van der Waals surface area (Å²) in [7, 11) is 0. The van der Waals surface area contributed by atoms with Gasteiger partial charge >= 0.3 is 18.4 Å². The van der Waals surface area contributed by atoms with Gasteiger partial charge in [-0.2, -0.15) is 26.3 Å². The Morgan fingerprint density at radius 2 is 0.825 bits per heavy atom. The number of piperazine rings is 2. The van der Waals surface area contributed by atoms with E-state index in [0.29, 0.717) is 0 Å². The van der Waals surface area contributed by atoms with Crippen molar-refractivity contribution in [2.24, 2.45) is 0 Å². The van der Waals surface area contributed by atoms with Crippen LogP contribution in [0.1, 0.15) is 31.8 Å². The van der Waals surface area contributed by atoms with E-state index in [9.17, 15) is 49.5 Å². The Labute approximate surface area is 222 Å². The molecule has 2 aliphatic rings. The molecule has 40 heavy (non-hydrogen) atoms. The van der Waals surface area contributed by atoms with Gasteiger partial charge in [0.15, 0.2) is 0 Å². The second kappa shape index (κ2) is 10.9. The fourth-order valence-corrected chi connectivity index (χ4v) is 4.62. The summed E-state index contributed by atoms with van der Waals surface area (Å²) in [6.07, 6.45) is -9.89. The lowest BCUT2D eigenvalue weighted by molar-refractivity contribution is -0.139. The van der Waals surface area contributed by atoms with Crippen molar-refractivity contribution in [2.75, 3.05) is 52.4 Å². The summed E-state index contributed by atoms with van der Waals surface area (Å²) in [5, 5.41) is 0. The van der Waals surface area contributed by atoms with Gasteiger partial charge in [0.05, 0.1) is 22.3 Å². The molecule has 0 unspecified atom stereocenters. The van der Waals surface area contributed by atoms with Crippen LogP contribution >= 0.6 is 0 Å². The number of hydrogen-bond acceptors (Lipinski definition) is 3. The van der Waals surface area contributed by atoms with Gasteiger partial charge in [0.2, 0.25) is 0 Å². The standard InChI is InChI=1S/C25H22F8N4O3/c26-15-1-3-17(19(13-15)24(28,29)30)21(38)34-5-9-36(10-6-34)23(40)37-11-7-35(8-12-37)22(39)18-4-2-16(27)14-20(18)25(31,32)33/h1-4,13-14H,5-12H2. The minimum atomic E-state index is -4.95. The number of rotatable bonds is 2. The second-order valence-electron chi connectivity index (χ2n) is 9.22. The number of carbonyl (C=O) groups excluding carboxylic acids is 3. The van der Waals surface area contributed by atoms with Gasteiger partial charge in [-0.1, -0.05) is 0 Å². The van der Waals surface area contributed by atoms with E-state index in [1.807, 2.05) is 0 Å². The number of amides is 4. The highest BCUT2D eigenvalue weighted by Gasteiger charge is 2.39. The van der Waals surface area contributed by atoms with Crippen molar-refractivity contribution in [3.63, 3.8) is 0 Å². The first kappa shape index (κ1) is 29.1. The van der Waals surface area contributed by atoms with E-state index in [1.54, 1.807) is 0 Å². The predicted octanol–water partition coefficient (Wildman–Crippen LogP) is 4.34. The third-order valence-electron chi connectivity index (χ3n) is 6.71. The molecule has 4 rings (SSSR count). The Morgan fingerprint density at radius 1 is 0.525 bits per heavy atom. The van der Waals surface area contributed by atoms with Crippen molar-refractivity contribution in [1.82, 2.24) is 19.6 Å². The quantitative estimate of drug-likeness (QED) is 0.499. The molecule has 2 saturated heterocycles. The first-order valence-electron chi connectivity index (χ1n) is 12.0. The van der Waals surface area contributed by atoms with Crippen LogP contribution < -0.4 is 0 Å². The van der Waals surface area contributed by atoms with Crippen LogP contribution in [0.4, 0.5) is 39.9 Å². The van der Waals surface area contributed by atoms with E-state index < -0.39 is 64.1 Å². The molecule has 2 fully saturated rings. The molecule has 0 aliphatic carbocycles. The van der Waals surface area contributed by atoms with Gasteiger partial charge in [-0.05, 0) is 36.4 Å². The lowest BCUT2D eigenvalue weighted by Crippen LogP contribution is -2.58. The second-order valence-corrected chi connectivity index (χ2v) is 9.22. The van der Waals surface area contributed by atoms with Crippen molar-refractivity contribution in [3.8, 4) is 0 Å². The average Bonchev–Trinajstić information content (AvgIpc) is 2.91. The van der Waals surface area contributed by atoms with Crippen LogP contribution in [0.3, 0.4) is 0 Å². The molecule has 4 amide bonds. The predicted molar refractivity (Wildman–Crippen MR) is 123 cm³/mol. The molecule has 0 bridgehead atoms. The van der Waals surface area contributed by atoms with Gasteiger partial charge in [-0.15, -0.1) is 0 Å². The van der Waals surface area contributed by atoms with Gasteiger partial charge in [-0.25, -0.2) is 13.6 Å². The fraction of sp³-hybridized carbons (Fsp3) is 0.400. The number of benzene rings is 2. The maximum absolute atomic E-state index is 13.4. The lowest BCUT2D eigenvalue weighted by atomic mass is 10.0. The highest BCUT2D eigenvalue weighted by molar-refractivity contribution is 5.97. The Morgan fingerprint density at radius 3 is 1.12 bits per heavy atom. The van der Waals surface area contributed by atoms with E-state index in [-0.39, 0.29) is 64.5 Å². The number of halogens is 8. The van der Waals surface area contributed by atoms with E-state index >= 15 is 0 Å². The molecule has 0 spiro atoms. The number of carbonyl (C=O) groups is 3. The van der Waals surface area contributed by atoms with E-state index in [0.717, 1.165) is 34.1 Å². The molecule has 0 saturated carbocycles. The fourth-order valence-electron chi connectivity index (χ4n) is 4.62. The van der Waals surface area contributed by atoms with Crippen molar-refractivity contribution in [2.45, 2.75) is 12.4 Å². The molecule has 0 aromatic heterocycles. The molecule has 2 heterocycles. The maximum atomic E-state index is 13.4. The minimum absolute atomic E-state index is 0.00319. The molecule has 2 aliphatic heterocycles. The van der Waals surface area contributed by atoms with E-state index in [1.165, 1.54) is 9.80 Å². The van der Waals surface area contributed by atoms with Gasteiger partial charge in [0, 0.05) is 52.4 Å². The third-order valence-corrected chi connectivity index (χ3v) is 6.71. The van der Waals surface area contributed by atoms with E-state index in [4.69, 9.17) is 0 Å². The summed E-state index contributed by atoms with van der Waals surface area (Å²) < 4.78 is 107. The summed E-state index contributed by atoms with van der Waals surface area (Å²) in [5.74, 6) is -4.18. The number of nitrogens with zero attached hydrogens (tertiary/aromatic N) is 4. The zero-order valence-electron chi connectivity index (χ0n) is 20.7. The SMILES string of the molecule is O=C(c1ccc(F)cc1C(F)(F)F)N1CCN(C(=O)N2CCN(C(=O)c3ccc(F)cc3C(F)(F)F)CC2)CC1. The maximum Gasteiger partial charge on any atom is 0.417 e. The average molecular weight is 578 g/mol. The van der Waals surface area contributed by atoms with Crippen LogP contribution in [-0.4, -0.2) is 89.8 Å². The molecular formula is C25H22F8N4O3. The van der Waals surface area contributed by atoms with Gasteiger partial charge < -0.3 is 19.6 Å². The smallest absolute Gasteiger partial charge is 0.335 e. The van der Waals surface area contributed by atoms with Gasteiger partial charge in [0.25, 0.3) is 11.8 Å². The van der Waals surface area contributed by atoms with Gasteiger partial charge in [-0.3, -0.25) is 9.59 Å². The Balaban J connectivity index is 1.34. The van der Waals surface area contributed by atoms with Crippen LogP contribution in [0.2, 0.25) is 0 Å². The van der Waals surface area contributed by atoms with Crippen LogP contribution in [0.25, 0.3) is 0 Å². The molecule has 0 N–H and O–H groups in total. The highest BCUT2D eigenvalue weighted by atomic mass is 19.4. The molecule has 0 atom stereocenters. The Kier molecular flexibility index (Phi) is 7.94. The zero-order valence-corrected chi connectivity index (χ0v) is 20.7. The van der Waals surface area contributed by atoms with Crippen molar-refractivity contribution in [3.05, 3.63) is 70.3 Å². The lowest BCUT2D eigenvalue weighted by Gasteiger charge is -2.40. The molecule has 0 radical (unpaired) electrons. The molecular weight excluding hydrogens is 556 g/mol. The largest absolute Gasteiger partial charge is 0.417 e. The molecule has 15 heteroatoms. The minimum Gasteiger partial charge on any atom is -0.335 e. The van der Waals surface area contributed by atoms with Crippen LogP contribution in [0.15, 0.2) is 36.4 Å². The summed E-state index contributed by atoms with van der Waals surface area (Å²) >= 11 is 0. The monoisotopic (exact) mass is 578 g/mol. The zero-order chi connectivity index (χ0) is 29.4. The third kappa shape index (κ3) is 6.12. The Bertz CT molecular complexity index is 1200. The summed E-state index contributed by atoms with van der Waals surface area (Å²) in [5.41, 5.74) is -4.20. The van der Waals surface area contributed by atoms with Crippen LogP contribution in [-0.2, 0) is 12.4 Å². The topological polar surface area (TPSA) is 64.2 Å². The van der Waals surface area contributed by atoms with E-state index in [2.05, 4.69) is 0 Å². The number of hydrogen-bond donors (Lipinski definition) is 0. The van der Waals surface area contributed by atoms with Crippen molar-refractivity contribution >= 4 is 17.8 Å². The van der Waals surface area contributed by atoms with Crippen LogP contribution in [0.5, 0.6) is 0 Å². The first-order chi connectivity index (χ1) is 18.7. The van der Waals surface area contributed by atoms with Crippen molar-refractivity contribution < 1.29 is 49.5 Å². The summed E-state index contributed by atoms with van der Waals surface area (Å²) in [6, 6.07) is 3.08. The number of alkyl halides is 6. The van der Waals surface area contributed by atoms with Gasteiger partial charge in [0.1, 0.15) is 11.6 Å². The summed E-state index contributed by atoms with van der Waals surface area (Å²) in [6.45, 7) is -0.336. The van der Waals surface area contributed by atoms with Crippen LogP contribution in [0, 0.1) is 11.6 Å². The molecule has 7 nitrogen and oxygen atoms in total. The Hall–Kier alpha value is -3.91. The summed E-state index contributed by atoms with van der Waals surface area (Å²) in [4.78, 5) is 43.4. The molecule has 2 aromatic rings. The molecule has 2 aromatic carbocycles. The number of urea groups is 1.